The Kier molecular flexibility index (Phi) is 6.74. The van der Waals surface area contributed by atoms with E-state index < -0.39 is 0 Å². The molecule has 0 saturated heterocycles. The van der Waals surface area contributed by atoms with E-state index in [0.29, 0.717) is 0 Å². The minimum absolute atomic E-state index is 0.929. The molecule has 0 heteroatoms. The third-order valence-electron chi connectivity index (χ3n) is 2.18. The molecule has 1 aliphatic rings. The Bertz CT molecular complexity index is 228. The number of hydrogen-bond acceptors (Lipinski definition) is 0. The normalized spacial score (nSPS) is 19.4. The van der Waals surface area contributed by atoms with Crippen LogP contribution < -0.4 is 0 Å². The number of hydrogen-bond donors (Lipinski definition) is 0. The van der Waals surface area contributed by atoms with E-state index in [-0.39, 0.29) is 0 Å². The first-order valence-corrected chi connectivity index (χ1v) is 5.52. The maximum Gasteiger partial charge on any atom is -0.00946 e. The van der Waals surface area contributed by atoms with E-state index in [1.165, 1.54) is 25.7 Å². The molecule has 0 saturated carbocycles. The number of rotatable bonds is 0. The second-order valence-electron chi connectivity index (χ2n) is 3.46. The molecule has 0 atom stereocenters. The Morgan fingerprint density at radius 1 is 0.786 bits per heavy atom. The first kappa shape index (κ1) is 11.0. The van der Waals surface area contributed by atoms with E-state index in [9.17, 15) is 0 Å². The van der Waals surface area contributed by atoms with Crippen LogP contribution in [0.3, 0.4) is 0 Å². The smallest absolute Gasteiger partial charge is 0.00946 e. The third kappa shape index (κ3) is 6.47. The van der Waals surface area contributed by atoms with Crippen LogP contribution in [0.25, 0.3) is 0 Å². The van der Waals surface area contributed by atoms with Crippen LogP contribution in [0.2, 0.25) is 0 Å². The lowest BCUT2D eigenvalue weighted by molar-refractivity contribution is 0.761. The Labute approximate surface area is 87.7 Å². The molecule has 0 N–H and O–H groups in total. The molecule has 0 aromatic rings. The fourth-order valence-electron chi connectivity index (χ4n) is 1.36. The average Bonchev–Trinajstić information content (AvgIpc) is 2.22. The summed E-state index contributed by atoms with van der Waals surface area (Å²) in [5.74, 6) is 0. The zero-order valence-electron chi connectivity index (χ0n) is 8.78. The predicted molar refractivity (Wildman–Crippen MR) is 62.9 cm³/mol. The Morgan fingerprint density at radius 2 is 1.57 bits per heavy atom. The van der Waals surface area contributed by atoms with Crippen molar-refractivity contribution in [2.45, 2.75) is 38.5 Å². The summed E-state index contributed by atoms with van der Waals surface area (Å²) in [6, 6.07) is 0. The van der Waals surface area contributed by atoms with Gasteiger partial charge in [-0.1, -0.05) is 42.5 Å². The van der Waals surface area contributed by atoms with Crippen LogP contribution in [0.4, 0.5) is 0 Å². The van der Waals surface area contributed by atoms with Crippen LogP contribution in [0.1, 0.15) is 38.5 Å². The van der Waals surface area contributed by atoms with Gasteiger partial charge in [-0.3, -0.25) is 0 Å². The highest BCUT2D eigenvalue weighted by molar-refractivity contribution is 5.04. The molecular weight excluding hydrogens is 168 g/mol. The largest absolute Gasteiger partial charge is 0.0882 e. The Morgan fingerprint density at radius 3 is 2.50 bits per heavy atom. The maximum absolute atomic E-state index is 3.24. The van der Waals surface area contributed by atoms with Gasteiger partial charge in [0.1, 0.15) is 0 Å². The van der Waals surface area contributed by atoms with E-state index in [1.54, 1.807) is 0 Å². The molecular formula is C14H19. The first-order chi connectivity index (χ1) is 7.00. The topological polar surface area (TPSA) is 0 Å². The van der Waals surface area contributed by atoms with Crippen LogP contribution in [0.5, 0.6) is 0 Å². The average molecular weight is 187 g/mol. The molecule has 0 bridgehead atoms. The van der Waals surface area contributed by atoms with Gasteiger partial charge in [0.05, 0.1) is 0 Å². The third-order valence-corrected chi connectivity index (χ3v) is 2.18. The summed E-state index contributed by atoms with van der Waals surface area (Å²) in [6.07, 6.45) is 25.5. The van der Waals surface area contributed by atoms with Crippen LogP contribution in [0, 0.1) is 6.08 Å². The van der Waals surface area contributed by atoms with Crippen molar-refractivity contribution in [3.05, 3.63) is 48.6 Å². The molecule has 14 heavy (non-hydrogen) atoms. The molecule has 0 amide bonds. The van der Waals surface area contributed by atoms with Crippen LogP contribution in [0.15, 0.2) is 42.5 Å². The molecule has 1 radical (unpaired) electrons. The summed E-state index contributed by atoms with van der Waals surface area (Å²) in [5, 5.41) is 0. The molecule has 75 valence electrons. The molecule has 0 unspecified atom stereocenters. The van der Waals surface area contributed by atoms with Gasteiger partial charge < -0.3 is 0 Å². The first-order valence-electron chi connectivity index (χ1n) is 5.52. The lowest BCUT2D eigenvalue weighted by Crippen LogP contribution is -1.73. The molecule has 0 nitrogen and oxygen atoms in total. The van der Waals surface area contributed by atoms with E-state index in [1.807, 2.05) is 0 Å². The predicted octanol–water partition coefficient (Wildman–Crippen LogP) is 4.37. The van der Waals surface area contributed by atoms with Crippen molar-refractivity contribution in [2.24, 2.45) is 0 Å². The summed E-state index contributed by atoms with van der Waals surface area (Å²) >= 11 is 0. The Balaban J connectivity index is 2.35. The molecule has 0 heterocycles. The van der Waals surface area contributed by atoms with Gasteiger partial charge in [-0.15, -0.1) is 0 Å². The van der Waals surface area contributed by atoms with Crippen LogP contribution >= 0.6 is 0 Å². The highest BCUT2D eigenvalue weighted by Crippen LogP contribution is 2.03. The summed E-state index contributed by atoms with van der Waals surface area (Å²) in [4.78, 5) is 0. The quantitative estimate of drug-likeness (QED) is 0.494. The molecule has 0 aromatic carbocycles. The zero-order valence-corrected chi connectivity index (χ0v) is 8.78. The van der Waals surface area contributed by atoms with Crippen LogP contribution in [-0.4, -0.2) is 0 Å². The fraction of sp³-hybridized carbons (Fsp3) is 0.429. The van der Waals surface area contributed by atoms with Crippen molar-refractivity contribution in [2.75, 3.05) is 0 Å². The van der Waals surface area contributed by atoms with Crippen molar-refractivity contribution >= 4 is 0 Å². The van der Waals surface area contributed by atoms with E-state index >= 15 is 0 Å². The number of allylic oxidation sites excluding steroid dienone is 8. The summed E-state index contributed by atoms with van der Waals surface area (Å²) in [6.45, 7) is 0. The second-order valence-corrected chi connectivity index (χ2v) is 3.46. The van der Waals surface area contributed by atoms with Crippen molar-refractivity contribution in [3.8, 4) is 0 Å². The van der Waals surface area contributed by atoms with Crippen molar-refractivity contribution in [1.29, 1.82) is 0 Å². The minimum atomic E-state index is 0.929. The Hall–Kier alpha value is -1.04. The monoisotopic (exact) mass is 187 g/mol. The second kappa shape index (κ2) is 8.55. The van der Waals surface area contributed by atoms with Crippen molar-refractivity contribution in [3.63, 3.8) is 0 Å². The van der Waals surface area contributed by atoms with Gasteiger partial charge in [0, 0.05) is 0 Å². The maximum atomic E-state index is 3.24. The molecule has 0 aliphatic heterocycles. The van der Waals surface area contributed by atoms with Gasteiger partial charge in [-0.2, -0.15) is 0 Å². The van der Waals surface area contributed by atoms with Gasteiger partial charge in [-0.05, 0) is 44.6 Å². The van der Waals surface area contributed by atoms with Crippen molar-refractivity contribution in [1.82, 2.24) is 0 Å². The van der Waals surface area contributed by atoms with Gasteiger partial charge in [-0.25, -0.2) is 0 Å². The molecule has 1 aliphatic carbocycles. The summed E-state index contributed by atoms with van der Waals surface area (Å²) in [5.41, 5.74) is 0. The highest BCUT2D eigenvalue weighted by atomic mass is 13.9. The van der Waals surface area contributed by atoms with E-state index in [0.717, 1.165) is 12.8 Å². The van der Waals surface area contributed by atoms with Crippen LogP contribution in [-0.2, 0) is 0 Å². The van der Waals surface area contributed by atoms with E-state index in [4.69, 9.17) is 0 Å². The lowest BCUT2D eigenvalue weighted by atomic mass is 10.1. The minimum Gasteiger partial charge on any atom is -0.0882 e. The molecule has 1 rings (SSSR count). The zero-order chi connectivity index (χ0) is 9.90. The van der Waals surface area contributed by atoms with Gasteiger partial charge >= 0.3 is 0 Å². The van der Waals surface area contributed by atoms with Crippen molar-refractivity contribution < 1.29 is 0 Å². The van der Waals surface area contributed by atoms with Gasteiger partial charge in [0.2, 0.25) is 0 Å². The SMILES string of the molecule is [C]1=CCC=CCCCCC=CC=CC1. The summed E-state index contributed by atoms with van der Waals surface area (Å²) < 4.78 is 0. The lowest BCUT2D eigenvalue weighted by Gasteiger charge is -1.92. The van der Waals surface area contributed by atoms with E-state index in [2.05, 4.69) is 48.6 Å². The van der Waals surface area contributed by atoms with Gasteiger partial charge in [0.25, 0.3) is 0 Å². The summed E-state index contributed by atoms with van der Waals surface area (Å²) in [7, 11) is 0. The highest BCUT2D eigenvalue weighted by Gasteiger charge is 1.83. The molecule has 0 aromatic heterocycles. The van der Waals surface area contributed by atoms with Gasteiger partial charge in [0.15, 0.2) is 0 Å². The molecule has 0 fully saturated rings. The standard InChI is InChI=1S/C14H19/c1-2-4-6-8-10-12-14-13-11-9-7-5-3-1/h1-4,10,13-14H,5-7,9,11-12H2. The molecule has 0 spiro atoms. The fourth-order valence-corrected chi connectivity index (χ4v) is 1.36.